The Labute approximate surface area is 140 Å². The SMILES string of the molecule is Cn1nccc1C(=O)Nc1ccc(S(=O)(=O)C[C@H]2CCCO2)cc1. The highest BCUT2D eigenvalue weighted by molar-refractivity contribution is 7.91. The molecule has 0 bridgehead atoms. The number of carbonyl (C=O) groups excluding carboxylic acids is 1. The van der Waals surface area contributed by atoms with Gasteiger partial charge in [-0.2, -0.15) is 5.10 Å². The van der Waals surface area contributed by atoms with Gasteiger partial charge in [0.25, 0.3) is 5.91 Å². The number of benzene rings is 1. The molecule has 1 aromatic heterocycles. The molecule has 1 saturated heterocycles. The fourth-order valence-electron chi connectivity index (χ4n) is 2.65. The number of rotatable bonds is 5. The Bertz CT molecular complexity index is 821. The number of carbonyl (C=O) groups is 1. The van der Waals surface area contributed by atoms with Crippen molar-refractivity contribution in [2.75, 3.05) is 17.7 Å². The van der Waals surface area contributed by atoms with Gasteiger partial charge < -0.3 is 10.1 Å². The second-order valence-electron chi connectivity index (χ2n) is 5.73. The van der Waals surface area contributed by atoms with Crippen molar-refractivity contribution in [2.45, 2.75) is 23.8 Å². The Hall–Kier alpha value is -2.19. The molecule has 0 unspecified atom stereocenters. The zero-order valence-electron chi connectivity index (χ0n) is 13.3. The van der Waals surface area contributed by atoms with E-state index in [4.69, 9.17) is 4.74 Å². The van der Waals surface area contributed by atoms with Crippen LogP contribution in [0.2, 0.25) is 0 Å². The maximum absolute atomic E-state index is 12.4. The quantitative estimate of drug-likeness (QED) is 0.886. The van der Waals surface area contributed by atoms with E-state index in [1.165, 1.54) is 23.0 Å². The van der Waals surface area contributed by atoms with Gasteiger partial charge in [0.05, 0.1) is 16.8 Å². The first-order chi connectivity index (χ1) is 11.5. The minimum Gasteiger partial charge on any atom is -0.377 e. The molecule has 1 atom stereocenters. The van der Waals surface area contributed by atoms with Crippen molar-refractivity contribution in [2.24, 2.45) is 7.05 Å². The van der Waals surface area contributed by atoms with Crippen LogP contribution in [-0.4, -0.2) is 42.6 Å². The van der Waals surface area contributed by atoms with Crippen LogP contribution in [0.3, 0.4) is 0 Å². The fourth-order valence-corrected chi connectivity index (χ4v) is 4.15. The van der Waals surface area contributed by atoms with Crippen molar-refractivity contribution in [3.8, 4) is 0 Å². The number of hydrogen-bond donors (Lipinski definition) is 1. The summed E-state index contributed by atoms with van der Waals surface area (Å²) >= 11 is 0. The lowest BCUT2D eigenvalue weighted by molar-refractivity contribution is 0.101. The van der Waals surface area contributed by atoms with E-state index in [0.717, 1.165) is 12.8 Å². The molecule has 7 nitrogen and oxygen atoms in total. The zero-order valence-corrected chi connectivity index (χ0v) is 14.1. The Morgan fingerprint density at radius 2 is 2.08 bits per heavy atom. The van der Waals surface area contributed by atoms with Gasteiger partial charge in [0, 0.05) is 25.5 Å². The third-order valence-corrected chi connectivity index (χ3v) is 5.76. The van der Waals surface area contributed by atoms with Crippen molar-refractivity contribution >= 4 is 21.4 Å². The second-order valence-corrected chi connectivity index (χ2v) is 7.77. The average molecular weight is 349 g/mol. The average Bonchev–Trinajstić information content (AvgIpc) is 3.19. The number of nitrogens with one attached hydrogen (secondary N) is 1. The molecule has 1 aliphatic heterocycles. The van der Waals surface area contributed by atoms with Crippen LogP contribution in [0.5, 0.6) is 0 Å². The smallest absolute Gasteiger partial charge is 0.273 e. The molecule has 128 valence electrons. The van der Waals surface area contributed by atoms with Crippen LogP contribution in [0, 0.1) is 0 Å². The number of aryl methyl sites for hydroxylation is 1. The summed E-state index contributed by atoms with van der Waals surface area (Å²) in [7, 11) is -1.71. The van der Waals surface area contributed by atoms with Crippen LogP contribution in [0.15, 0.2) is 41.4 Å². The molecule has 0 radical (unpaired) electrons. The van der Waals surface area contributed by atoms with Gasteiger partial charge in [0.15, 0.2) is 9.84 Å². The van der Waals surface area contributed by atoms with Gasteiger partial charge in [-0.3, -0.25) is 9.48 Å². The number of amides is 1. The molecule has 0 spiro atoms. The fraction of sp³-hybridized carbons (Fsp3) is 0.375. The van der Waals surface area contributed by atoms with E-state index in [2.05, 4.69) is 10.4 Å². The summed E-state index contributed by atoms with van der Waals surface area (Å²) in [6, 6.07) is 7.77. The standard InChI is InChI=1S/C16H19N3O4S/c1-19-15(8-9-17-19)16(20)18-12-4-6-14(7-5-12)24(21,22)11-13-3-2-10-23-13/h4-9,13H,2-3,10-11H2,1H3,(H,18,20)/t13-/m1/s1. The van der Waals surface area contributed by atoms with E-state index in [-0.39, 0.29) is 22.7 Å². The number of sulfone groups is 1. The second kappa shape index (κ2) is 6.74. The van der Waals surface area contributed by atoms with Gasteiger partial charge in [-0.15, -0.1) is 0 Å². The van der Waals surface area contributed by atoms with Crippen molar-refractivity contribution < 1.29 is 17.9 Å². The van der Waals surface area contributed by atoms with Crippen LogP contribution in [0.4, 0.5) is 5.69 Å². The topological polar surface area (TPSA) is 90.3 Å². The molecular formula is C16H19N3O4S. The maximum atomic E-state index is 12.4. The molecule has 8 heteroatoms. The van der Waals surface area contributed by atoms with Crippen molar-refractivity contribution in [3.05, 3.63) is 42.2 Å². The highest BCUT2D eigenvalue weighted by Gasteiger charge is 2.24. The van der Waals surface area contributed by atoms with E-state index >= 15 is 0 Å². The van der Waals surface area contributed by atoms with Crippen molar-refractivity contribution in [3.63, 3.8) is 0 Å². The highest BCUT2D eigenvalue weighted by Crippen LogP contribution is 2.21. The van der Waals surface area contributed by atoms with Gasteiger partial charge in [0.2, 0.25) is 0 Å². The van der Waals surface area contributed by atoms with E-state index in [1.807, 2.05) is 0 Å². The first-order valence-electron chi connectivity index (χ1n) is 7.69. The molecule has 1 N–H and O–H groups in total. The Kier molecular flexibility index (Phi) is 4.68. The molecule has 0 saturated carbocycles. The summed E-state index contributed by atoms with van der Waals surface area (Å²) in [6.07, 6.45) is 2.99. The summed E-state index contributed by atoms with van der Waals surface area (Å²) in [5, 5.41) is 6.66. The largest absolute Gasteiger partial charge is 0.377 e. The number of aromatic nitrogens is 2. The molecule has 0 aliphatic carbocycles. The molecule has 1 fully saturated rings. The summed E-state index contributed by atoms with van der Waals surface area (Å²) in [5.74, 6) is -0.307. The summed E-state index contributed by atoms with van der Waals surface area (Å²) in [5.41, 5.74) is 0.947. The predicted octanol–water partition coefficient (Wildman–Crippen LogP) is 1.63. The molecule has 2 aromatic rings. The molecule has 1 amide bonds. The van der Waals surface area contributed by atoms with Crippen LogP contribution < -0.4 is 5.32 Å². The minimum atomic E-state index is -3.39. The first-order valence-corrected chi connectivity index (χ1v) is 9.35. The molecule has 3 rings (SSSR count). The van der Waals surface area contributed by atoms with Gasteiger partial charge in [-0.05, 0) is 43.2 Å². The summed E-state index contributed by atoms with van der Waals surface area (Å²) in [4.78, 5) is 12.3. The van der Waals surface area contributed by atoms with Gasteiger partial charge in [0.1, 0.15) is 5.69 Å². The van der Waals surface area contributed by atoms with Crippen LogP contribution in [-0.2, 0) is 21.6 Å². The lowest BCUT2D eigenvalue weighted by atomic mass is 10.3. The van der Waals surface area contributed by atoms with Crippen LogP contribution >= 0.6 is 0 Å². The molecule has 2 heterocycles. The van der Waals surface area contributed by atoms with Gasteiger partial charge >= 0.3 is 0 Å². The third-order valence-electron chi connectivity index (χ3n) is 3.95. The van der Waals surface area contributed by atoms with E-state index in [0.29, 0.717) is 18.0 Å². The minimum absolute atomic E-state index is 0.00622. The number of anilines is 1. The number of hydrogen-bond acceptors (Lipinski definition) is 5. The monoisotopic (exact) mass is 349 g/mol. The lowest BCUT2D eigenvalue weighted by Gasteiger charge is -2.11. The first kappa shape index (κ1) is 16.7. The van der Waals surface area contributed by atoms with E-state index in [9.17, 15) is 13.2 Å². The molecule has 24 heavy (non-hydrogen) atoms. The molecule has 1 aromatic carbocycles. The van der Waals surface area contributed by atoms with E-state index in [1.54, 1.807) is 25.2 Å². The normalized spacial score (nSPS) is 17.8. The van der Waals surface area contributed by atoms with Gasteiger partial charge in [-0.1, -0.05) is 0 Å². The number of ether oxygens (including phenoxy) is 1. The molecule has 1 aliphatic rings. The summed E-state index contributed by atoms with van der Waals surface area (Å²) < 4.78 is 31.6. The van der Waals surface area contributed by atoms with Crippen molar-refractivity contribution in [1.82, 2.24) is 9.78 Å². The van der Waals surface area contributed by atoms with Crippen molar-refractivity contribution in [1.29, 1.82) is 0 Å². The Balaban J connectivity index is 1.68. The highest BCUT2D eigenvalue weighted by atomic mass is 32.2. The Morgan fingerprint density at radius 1 is 1.33 bits per heavy atom. The van der Waals surface area contributed by atoms with Crippen LogP contribution in [0.1, 0.15) is 23.3 Å². The predicted molar refractivity (Wildman–Crippen MR) is 88.6 cm³/mol. The van der Waals surface area contributed by atoms with Gasteiger partial charge in [-0.25, -0.2) is 8.42 Å². The molecular weight excluding hydrogens is 330 g/mol. The van der Waals surface area contributed by atoms with Crippen LogP contribution in [0.25, 0.3) is 0 Å². The summed E-state index contributed by atoms with van der Waals surface area (Å²) in [6.45, 7) is 0.624. The van der Waals surface area contributed by atoms with E-state index < -0.39 is 9.84 Å². The maximum Gasteiger partial charge on any atom is 0.273 e. The third kappa shape index (κ3) is 3.65. The number of nitrogens with zero attached hydrogens (tertiary/aromatic N) is 2. The zero-order chi connectivity index (χ0) is 17.2. The Morgan fingerprint density at radius 3 is 2.67 bits per heavy atom. The lowest BCUT2D eigenvalue weighted by Crippen LogP contribution is -2.20.